The van der Waals surface area contributed by atoms with Crippen molar-refractivity contribution in [3.05, 3.63) is 46.3 Å². The van der Waals surface area contributed by atoms with Crippen LogP contribution in [-0.2, 0) is 13.1 Å². The van der Waals surface area contributed by atoms with Crippen molar-refractivity contribution >= 4 is 22.9 Å². The highest BCUT2D eigenvalue weighted by molar-refractivity contribution is 7.09. The van der Waals surface area contributed by atoms with Crippen molar-refractivity contribution in [2.45, 2.75) is 26.9 Å². The Kier molecular flexibility index (Phi) is 5.40. The number of nitrogens with zero attached hydrogens (tertiary/aromatic N) is 6. The molecule has 1 amide bonds. The van der Waals surface area contributed by atoms with E-state index in [0.717, 1.165) is 30.2 Å². The third-order valence-electron chi connectivity index (χ3n) is 4.14. The predicted octanol–water partition coefficient (Wildman–Crippen LogP) is 2.30. The number of amides is 1. The average molecular weight is 358 g/mol. The number of hydrogen-bond donors (Lipinski definition) is 0. The van der Waals surface area contributed by atoms with Crippen LogP contribution in [0.3, 0.4) is 0 Å². The van der Waals surface area contributed by atoms with Crippen LogP contribution in [0.25, 0.3) is 5.65 Å². The number of hydrogen-bond acceptors (Lipinski definition) is 6. The van der Waals surface area contributed by atoms with Crippen LogP contribution in [0.15, 0.2) is 30.2 Å². The first-order valence-electron chi connectivity index (χ1n) is 8.30. The molecular formula is C17H22N6OS. The summed E-state index contributed by atoms with van der Waals surface area (Å²) in [4.78, 5) is 25.3. The molecule has 0 fully saturated rings. The minimum atomic E-state index is -0.103. The Morgan fingerprint density at radius 2 is 2.00 bits per heavy atom. The summed E-state index contributed by atoms with van der Waals surface area (Å²) >= 11 is 1.54. The first-order valence-corrected chi connectivity index (χ1v) is 9.18. The Hall–Kier alpha value is -2.32. The summed E-state index contributed by atoms with van der Waals surface area (Å²) in [5, 5.41) is 7.12. The average Bonchev–Trinajstić information content (AvgIpc) is 3.28. The molecule has 132 valence electrons. The molecule has 0 aromatic carbocycles. The number of aromatic nitrogens is 4. The highest BCUT2D eigenvalue weighted by atomic mass is 32.1. The first kappa shape index (κ1) is 17.5. The summed E-state index contributed by atoms with van der Waals surface area (Å²) in [6, 6.07) is 0. The van der Waals surface area contributed by atoms with Gasteiger partial charge in [0.1, 0.15) is 10.6 Å². The van der Waals surface area contributed by atoms with E-state index in [1.807, 2.05) is 17.8 Å². The summed E-state index contributed by atoms with van der Waals surface area (Å²) in [6.45, 7) is 7.55. The van der Waals surface area contributed by atoms with Crippen LogP contribution in [0.5, 0.6) is 0 Å². The molecule has 0 unspecified atom stereocenters. The van der Waals surface area contributed by atoms with Gasteiger partial charge in [-0.05, 0) is 13.1 Å². The van der Waals surface area contributed by atoms with Gasteiger partial charge < -0.3 is 4.90 Å². The molecule has 7 nitrogen and oxygen atoms in total. The molecule has 3 aromatic rings. The Balaban J connectivity index is 1.79. The molecule has 25 heavy (non-hydrogen) atoms. The van der Waals surface area contributed by atoms with E-state index < -0.39 is 0 Å². The fourth-order valence-corrected chi connectivity index (χ4v) is 3.33. The maximum absolute atomic E-state index is 12.7. The van der Waals surface area contributed by atoms with E-state index in [1.165, 1.54) is 11.3 Å². The Labute approximate surface area is 150 Å². The normalized spacial score (nSPS) is 11.4. The fraction of sp³-hybridized carbons (Fsp3) is 0.412. The van der Waals surface area contributed by atoms with Crippen molar-refractivity contribution in [3.8, 4) is 0 Å². The maximum atomic E-state index is 12.7. The molecule has 0 atom stereocenters. The number of thiazole rings is 1. The molecular weight excluding hydrogens is 336 g/mol. The van der Waals surface area contributed by atoms with Crippen LogP contribution in [0.2, 0.25) is 0 Å². The van der Waals surface area contributed by atoms with E-state index in [1.54, 1.807) is 28.9 Å². The smallest absolute Gasteiger partial charge is 0.259 e. The van der Waals surface area contributed by atoms with E-state index in [9.17, 15) is 4.79 Å². The number of rotatable bonds is 7. The summed E-state index contributed by atoms with van der Waals surface area (Å²) in [5.41, 5.74) is 2.17. The first-order chi connectivity index (χ1) is 12.1. The van der Waals surface area contributed by atoms with Crippen molar-refractivity contribution in [1.82, 2.24) is 29.4 Å². The highest BCUT2D eigenvalue weighted by Crippen LogP contribution is 2.14. The van der Waals surface area contributed by atoms with Gasteiger partial charge in [-0.1, -0.05) is 13.8 Å². The second-order valence-corrected chi connectivity index (χ2v) is 6.82. The third-order valence-corrected chi connectivity index (χ3v) is 4.91. The van der Waals surface area contributed by atoms with Crippen LogP contribution in [0.4, 0.5) is 0 Å². The quantitative estimate of drug-likeness (QED) is 0.648. The summed E-state index contributed by atoms with van der Waals surface area (Å²) < 4.78 is 1.68. The molecule has 0 saturated heterocycles. The number of fused-ring (bicyclic) bond motifs is 1. The molecule has 0 spiro atoms. The van der Waals surface area contributed by atoms with Gasteiger partial charge in [0.15, 0.2) is 5.65 Å². The van der Waals surface area contributed by atoms with Crippen molar-refractivity contribution < 1.29 is 4.79 Å². The molecule has 0 aliphatic carbocycles. The molecule has 0 aliphatic rings. The van der Waals surface area contributed by atoms with Gasteiger partial charge in [0, 0.05) is 43.1 Å². The predicted molar refractivity (Wildman–Crippen MR) is 97.5 cm³/mol. The van der Waals surface area contributed by atoms with E-state index in [2.05, 4.69) is 33.8 Å². The SMILES string of the molecule is CCN(CC)Cc1cnc2c(C(=O)N(C)Cc3nccs3)cnn2c1. The topological polar surface area (TPSA) is 66.6 Å². The van der Waals surface area contributed by atoms with Crippen LogP contribution in [0.1, 0.15) is 34.8 Å². The van der Waals surface area contributed by atoms with Gasteiger partial charge in [-0.2, -0.15) is 5.10 Å². The zero-order valence-corrected chi connectivity index (χ0v) is 15.5. The highest BCUT2D eigenvalue weighted by Gasteiger charge is 2.19. The summed E-state index contributed by atoms with van der Waals surface area (Å²) in [7, 11) is 1.77. The molecule has 3 rings (SSSR count). The van der Waals surface area contributed by atoms with Gasteiger partial charge in [0.2, 0.25) is 0 Å². The maximum Gasteiger partial charge on any atom is 0.259 e. The molecule has 0 bridgehead atoms. The fourth-order valence-electron chi connectivity index (χ4n) is 2.66. The van der Waals surface area contributed by atoms with Crippen LogP contribution in [0, 0.1) is 0 Å². The largest absolute Gasteiger partial charge is 0.335 e. The molecule has 3 heterocycles. The molecule has 3 aromatic heterocycles. The van der Waals surface area contributed by atoms with Gasteiger partial charge in [-0.25, -0.2) is 14.5 Å². The number of carbonyl (C=O) groups is 1. The van der Waals surface area contributed by atoms with Crippen molar-refractivity contribution in [3.63, 3.8) is 0 Å². The second kappa shape index (κ2) is 7.71. The van der Waals surface area contributed by atoms with E-state index in [-0.39, 0.29) is 5.91 Å². The zero-order chi connectivity index (χ0) is 17.8. The molecule has 0 saturated carbocycles. The lowest BCUT2D eigenvalue weighted by Crippen LogP contribution is -2.26. The van der Waals surface area contributed by atoms with Gasteiger partial charge in [0.05, 0.1) is 12.7 Å². The van der Waals surface area contributed by atoms with Crippen LogP contribution < -0.4 is 0 Å². The van der Waals surface area contributed by atoms with Gasteiger partial charge in [0.25, 0.3) is 5.91 Å². The van der Waals surface area contributed by atoms with Crippen LogP contribution in [-0.4, -0.2) is 55.4 Å². The van der Waals surface area contributed by atoms with Crippen molar-refractivity contribution in [2.75, 3.05) is 20.1 Å². The lowest BCUT2D eigenvalue weighted by Gasteiger charge is -2.17. The summed E-state index contributed by atoms with van der Waals surface area (Å²) in [5.74, 6) is -0.103. The zero-order valence-electron chi connectivity index (χ0n) is 14.7. The minimum Gasteiger partial charge on any atom is -0.335 e. The Bertz CT molecular complexity index is 840. The lowest BCUT2D eigenvalue weighted by molar-refractivity contribution is 0.0786. The minimum absolute atomic E-state index is 0.103. The van der Waals surface area contributed by atoms with Crippen molar-refractivity contribution in [2.24, 2.45) is 0 Å². The van der Waals surface area contributed by atoms with Crippen molar-refractivity contribution in [1.29, 1.82) is 0 Å². The standard InChI is InChI=1S/C17H22N6OS/c1-4-22(5-2)10-13-8-19-16-14(9-20-23(16)11-13)17(24)21(3)12-15-18-6-7-25-15/h6-9,11H,4-5,10,12H2,1-3H3. The van der Waals surface area contributed by atoms with Gasteiger partial charge in [-0.15, -0.1) is 11.3 Å². The number of carbonyl (C=O) groups excluding carboxylic acids is 1. The second-order valence-electron chi connectivity index (χ2n) is 5.84. The molecule has 0 aliphatic heterocycles. The van der Waals surface area contributed by atoms with E-state index in [4.69, 9.17) is 0 Å². The summed E-state index contributed by atoms with van der Waals surface area (Å²) in [6.07, 6.45) is 7.10. The molecule has 8 heteroatoms. The van der Waals surface area contributed by atoms with E-state index >= 15 is 0 Å². The Morgan fingerprint density at radius 3 is 2.68 bits per heavy atom. The Morgan fingerprint density at radius 1 is 1.20 bits per heavy atom. The van der Waals surface area contributed by atoms with Gasteiger partial charge in [-0.3, -0.25) is 9.69 Å². The van der Waals surface area contributed by atoms with Gasteiger partial charge >= 0.3 is 0 Å². The molecule has 0 N–H and O–H groups in total. The molecule has 0 radical (unpaired) electrons. The third kappa shape index (κ3) is 3.85. The van der Waals surface area contributed by atoms with Crippen LogP contribution >= 0.6 is 11.3 Å². The van der Waals surface area contributed by atoms with E-state index in [0.29, 0.717) is 17.8 Å². The lowest BCUT2D eigenvalue weighted by atomic mass is 10.2. The monoisotopic (exact) mass is 358 g/mol.